The van der Waals surface area contributed by atoms with Gasteiger partial charge < -0.3 is 19.8 Å². The fraction of sp³-hybridized carbons (Fsp3) is 0.389. The minimum atomic E-state index is -0.402. The lowest BCUT2D eigenvalue weighted by atomic mass is 10.0. The maximum atomic E-state index is 12.4. The van der Waals surface area contributed by atoms with Gasteiger partial charge in [-0.2, -0.15) is 11.8 Å². The Morgan fingerprint density at radius 2 is 2.12 bits per heavy atom. The zero-order chi connectivity index (χ0) is 17.0. The van der Waals surface area contributed by atoms with Crippen LogP contribution in [0.25, 0.3) is 0 Å². The standard InChI is InChI=1S/C18H22N2O3S/c1-22-14-7-4-3-6-13(14)16(15-8-5-11-23-15)20-17(21)19-12-18(24-2)9-10-18/h3-8,11,16H,9-10,12H2,1-2H3,(H2,19,20,21)/t16-/m0/s1. The summed E-state index contributed by atoms with van der Waals surface area (Å²) in [6.45, 7) is 0.677. The van der Waals surface area contributed by atoms with Gasteiger partial charge in [0.05, 0.1) is 13.4 Å². The van der Waals surface area contributed by atoms with Gasteiger partial charge in [-0.1, -0.05) is 18.2 Å². The SMILES string of the molecule is COc1ccccc1[C@H](NC(=O)NCC1(SC)CC1)c1ccco1. The molecule has 0 spiro atoms. The predicted octanol–water partition coefficient (Wildman–Crippen LogP) is 3.57. The minimum Gasteiger partial charge on any atom is -0.496 e. The van der Waals surface area contributed by atoms with Crippen LogP contribution in [-0.2, 0) is 0 Å². The summed E-state index contributed by atoms with van der Waals surface area (Å²) < 4.78 is 11.2. The average Bonchev–Trinajstić information content (AvgIpc) is 3.21. The Bertz CT molecular complexity index is 683. The van der Waals surface area contributed by atoms with Gasteiger partial charge in [-0.05, 0) is 37.3 Å². The molecule has 1 aromatic carbocycles. The number of carbonyl (C=O) groups is 1. The highest BCUT2D eigenvalue weighted by Crippen LogP contribution is 2.46. The smallest absolute Gasteiger partial charge is 0.315 e. The number of furan rings is 1. The van der Waals surface area contributed by atoms with E-state index in [0.29, 0.717) is 18.1 Å². The molecule has 1 aromatic heterocycles. The predicted molar refractivity (Wildman–Crippen MR) is 95.6 cm³/mol. The number of hydrogen-bond donors (Lipinski definition) is 2. The molecule has 1 aliphatic carbocycles. The van der Waals surface area contributed by atoms with E-state index in [0.717, 1.165) is 18.4 Å². The van der Waals surface area contributed by atoms with E-state index in [2.05, 4.69) is 16.9 Å². The van der Waals surface area contributed by atoms with Crippen molar-refractivity contribution in [2.45, 2.75) is 23.6 Å². The van der Waals surface area contributed by atoms with Crippen molar-refractivity contribution in [1.82, 2.24) is 10.6 Å². The van der Waals surface area contributed by atoms with Gasteiger partial charge in [0.15, 0.2) is 0 Å². The third-order valence-corrected chi connectivity index (χ3v) is 5.78. The Hall–Kier alpha value is -2.08. The van der Waals surface area contributed by atoms with Crippen molar-refractivity contribution in [3.8, 4) is 5.75 Å². The molecule has 0 aliphatic heterocycles. The van der Waals surface area contributed by atoms with Crippen LogP contribution in [0.4, 0.5) is 4.79 Å². The number of carbonyl (C=O) groups excluding carboxylic acids is 1. The van der Waals surface area contributed by atoms with Crippen LogP contribution >= 0.6 is 11.8 Å². The Kier molecular flexibility index (Phi) is 5.04. The van der Waals surface area contributed by atoms with E-state index < -0.39 is 6.04 Å². The molecule has 6 heteroatoms. The Morgan fingerprint density at radius 1 is 1.33 bits per heavy atom. The van der Waals surface area contributed by atoms with Gasteiger partial charge in [0.1, 0.15) is 17.6 Å². The number of methoxy groups -OCH3 is 1. The van der Waals surface area contributed by atoms with Gasteiger partial charge in [0.2, 0.25) is 0 Å². The van der Waals surface area contributed by atoms with Crippen molar-refractivity contribution in [3.63, 3.8) is 0 Å². The van der Waals surface area contributed by atoms with Gasteiger partial charge in [0, 0.05) is 16.9 Å². The molecule has 0 radical (unpaired) electrons. The van der Waals surface area contributed by atoms with E-state index in [9.17, 15) is 4.79 Å². The molecule has 3 rings (SSSR count). The summed E-state index contributed by atoms with van der Waals surface area (Å²) >= 11 is 1.82. The van der Waals surface area contributed by atoms with Crippen LogP contribution in [0.2, 0.25) is 0 Å². The Balaban J connectivity index is 1.75. The van der Waals surface area contributed by atoms with Crippen molar-refractivity contribution in [2.75, 3.05) is 19.9 Å². The quantitative estimate of drug-likeness (QED) is 0.804. The molecule has 5 nitrogen and oxygen atoms in total. The summed E-state index contributed by atoms with van der Waals surface area (Å²) in [6, 6.07) is 10.7. The van der Waals surface area contributed by atoms with Crippen LogP contribution in [0.3, 0.4) is 0 Å². The second-order valence-electron chi connectivity index (χ2n) is 5.90. The summed E-state index contributed by atoms with van der Waals surface area (Å²) in [5.41, 5.74) is 0.858. The monoisotopic (exact) mass is 346 g/mol. The lowest BCUT2D eigenvalue weighted by Crippen LogP contribution is -2.41. The van der Waals surface area contributed by atoms with Crippen LogP contribution in [-0.4, -0.2) is 30.7 Å². The highest BCUT2D eigenvalue weighted by Gasteiger charge is 2.42. The van der Waals surface area contributed by atoms with Crippen LogP contribution < -0.4 is 15.4 Å². The number of amides is 2. The first-order valence-electron chi connectivity index (χ1n) is 7.93. The second-order valence-corrected chi connectivity index (χ2v) is 7.18. The molecule has 24 heavy (non-hydrogen) atoms. The van der Waals surface area contributed by atoms with Crippen LogP contribution in [0.1, 0.15) is 30.2 Å². The van der Waals surface area contributed by atoms with Crippen molar-refractivity contribution in [2.24, 2.45) is 0 Å². The number of rotatable bonds is 7. The van der Waals surface area contributed by atoms with Crippen LogP contribution in [0.5, 0.6) is 5.75 Å². The number of benzene rings is 1. The van der Waals surface area contributed by atoms with E-state index in [4.69, 9.17) is 9.15 Å². The van der Waals surface area contributed by atoms with E-state index in [1.807, 2.05) is 48.2 Å². The van der Waals surface area contributed by atoms with Gasteiger partial charge in [-0.3, -0.25) is 0 Å². The van der Waals surface area contributed by atoms with Crippen molar-refractivity contribution in [3.05, 3.63) is 54.0 Å². The fourth-order valence-corrected chi connectivity index (χ4v) is 3.41. The number of hydrogen-bond acceptors (Lipinski definition) is 4. The number of thioether (sulfide) groups is 1. The molecule has 2 N–H and O–H groups in total. The Labute approximate surface area is 146 Å². The number of urea groups is 1. The molecule has 1 fully saturated rings. The van der Waals surface area contributed by atoms with E-state index >= 15 is 0 Å². The molecule has 1 saturated carbocycles. The number of nitrogens with one attached hydrogen (secondary N) is 2. The summed E-state index contributed by atoms with van der Waals surface area (Å²) in [5.74, 6) is 1.38. The summed E-state index contributed by atoms with van der Waals surface area (Å²) in [4.78, 5) is 12.4. The molecule has 128 valence electrons. The lowest BCUT2D eigenvalue weighted by Gasteiger charge is -2.21. The largest absolute Gasteiger partial charge is 0.496 e. The molecular weight excluding hydrogens is 324 g/mol. The zero-order valence-electron chi connectivity index (χ0n) is 13.9. The van der Waals surface area contributed by atoms with Gasteiger partial charge in [0.25, 0.3) is 0 Å². The molecule has 1 aliphatic rings. The molecule has 0 unspecified atom stereocenters. The molecule has 2 aromatic rings. The van der Waals surface area contributed by atoms with Crippen LogP contribution in [0.15, 0.2) is 47.1 Å². The van der Waals surface area contributed by atoms with Crippen molar-refractivity contribution >= 4 is 17.8 Å². The normalized spacial score (nSPS) is 16.2. The molecule has 1 heterocycles. The topological polar surface area (TPSA) is 63.5 Å². The first-order valence-corrected chi connectivity index (χ1v) is 9.16. The van der Waals surface area contributed by atoms with Gasteiger partial charge >= 0.3 is 6.03 Å². The van der Waals surface area contributed by atoms with E-state index in [-0.39, 0.29) is 10.8 Å². The van der Waals surface area contributed by atoms with E-state index in [1.165, 1.54) is 0 Å². The first kappa shape index (κ1) is 16.8. The lowest BCUT2D eigenvalue weighted by molar-refractivity contribution is 0.236. The van der Waals surface area contributed by atoms with Crippen molar-refractivity contribution < 1.29 is 13.9 Å². The first-order chi connectivity index (χ1) is 11.7. The second kappa shape index (κ2) is 7.21. The summed E-state index contributed by atoms with van der Waals surface area (Å²) in [5, 5.41) is 5.98. The molecule has 2 amide bonds. The van der Waals surface area contributed by atoms with Crippen LogP contribution in [0, 0.1) is 0 Å². The number of ether oxygens (including phenoxy) is 1. The molecular formula is C18H22N2O3S. The fourth-order valence-electron chi connectivity index (χ4n) is 2.68. The average molecular weight is 346 g/mol. The third kappa shape index (κ3) is 3.70. The summed E-state index contributed by atoms with van der Waals surface area (Å²) in [7, 11) is 1.62. The summed E-state index contributed by atoms with van der Waals surface area (Å²) in [6.07, 6.45) is 6.00. The molecule has 1 atom stereocenters. The van der Waals surface area contributed by atoms with E-state index in [1.54, 1.807) is 13.4 Å². The molecule has 0 saturated heterocycles. The van der Waals surface area contributed by atoms with Crippen molar-refractivity contribution in [1.29, 1.82) is 0 Å². The minimum absolute atomic E-state index is 0.206. The Morgan fingerprint density at radius 3 is 2.75 bits per heavy atom. The zero-order valence-corrected chi connectivity index (χ0v) is 14.7. The maximum Gasteiger partial charge on any atom is 0.315 e. The van der Waals surface area contributed by atoms with Gasteiger partial charge in [-0.25, -0.2) is 4.79 Å². The highest BCUT2D eigenvalue weighted by molar-refractivity contribution is 8.00. The third-order valence-electron chi connectivity index (χ3n) is 4.36. The highest BCUT2D eigenvalue weighted by atomic mass is 32.2. The molecule has 0 bridgehead atoms. The van der Waals surface area contributed by atoms with Gasteiger partial charge in [-0.15, -0.1) is 0 Å². The number of para-hydroxylation sites is 1. The maximum absolute atomic E-state index is 12.4.